The maximum Gasteiger partial charge on any atom is 0.236 e. The van der Waals surface area contributed by atoms with E-state index >= 15 is 0 Å². The van der Waals surface area contributed by atoms with E-state index in [0.29, 0.717) is 13.1 Å². The largest absolute Gasteiger partial charge is 0.388 e. The van der Waals surface area contributed by atoms with Crippen molar-refractivity contribution in [1.82, 2.24) is 9.80 Å². The van der Waals surface area contributed by atoms with Crippen molar-refractivity contribution in [3.05, 3.63) is 0 Å². The Kier molecular flexibility index (Phi) is 3.50. The van der Waals surface area contributed by atoms with Crippen LogP contribution in [0, 0.1) is 0 Å². The molecular formula is C10H20N2O2. The Morgan fingerprint density at radius 1 is 1.57 bits per heavy atom. The van der Waals surface area contributed by atoms with Crippen molar-refractivity contribution in [2.24, 2.45) is 0 Å². The van der Waals surface area contributed by atoms with Crippen molar-refractivity contribution in [3.8, 4) is 0 Å². The van der Waals surface area contributed by atoms with Gasteiger partial charge in [0.05, 0.1) is 12.1 Å². The van der Waals surface area contributed by atoms with Gasteiger partial charge in [-0.25, -0.2) is 0 Å². The van der Waals surface area contributed by atoms with Gasteiger partial charge in [-0.2, -0.15) is 0 Å². The van der Waals surface area contributed by atoms with E-state index in [1.165, 1.54) is 0 Å². The summed E-state index contributed by atoms with van der Waals surface area (Å²) in [5.74, 6) is 0.106. The molecule has 1 heterocycles. The molecule has 1 atom stereocenters. The summed E-state index contributed by atoms with van der Waals surface area (Å²) in [6.07, 6.45) is 1.69. The number of carbonyl (C=O) groups is 1. The lowest BCUT2D eigenvalue weighted by molar-refractivity contribution is -0.138. The predicted molar refractivity (Wildman–Crippen MR) is 55.0 cm³/mol. The number of aliphatic hydroxyl groups is 1. The minimum Gasteiger partial charge on any atom is -0.388 e. The van der Waals surface area contributed by atoms with Crippen LogP contribution in [0.5, 0.6) is 0 Å². The molecule has 1 amide bonds. The SMILES string of the molecule is CN(C)CC(=O)N1CCCC(C)(O)C1. The van der Waals surface area contributed by atoms with Crippen LogP contribution in [-0.2, 0) is 4.79 Å². The van der Waals surface area contributed by atoms with Crippen LogP contribution in [0.15, 0.2) is 0 Å². The zero-order valence-corrected chi connectivity index (χ0v) is 9.29. The van der Waals surface area contributed by atoms with Crippen molar-refractivity contribution in [1.29, 1.82) is 0 Å². The number of rotatable bonds is 2. The summed E-state index contributed by atoms with van der Waals surface area (Å²) in [5, 5.41) is 9.82. The van der Waals surface area contributed by atoms with Crippen molar-refractivity contribution in [2.75, 3.05) is 33.7 Å². The lowest BCUT2D eigenvalue weighted by Crippen LogP contribution is -2.50. The van der Waals surface area contributed by atoms with Gasteiger partial charge in [-0.15, -0.1) is 0 Å². The average molecular weight is 200 g/mol. The Morgan fingerprint density at radius 3 is 2.71 bits per heavy atom. The lowest BCUT2D eigenvalue weighted by Gasteiger charge is -2.37. The van der Waals surface area contributed by atoms with Gasteiger partial charge in [0.2, 0.25) is 5.91 Å². The first-order valence-corrected chi connectivity index (χ1v) is 5.06. The number of β-amino-alcohol motifs (C(OH)–C–C–N with tert-alkyl or cyclic N) is 1. The zero-order valence-electron chi connectivity index (χ0n) is 9.29. The van der Waals surface area contributed by atoms with Gasteiger partial charge in [0.25, 0.3) is 0 Å². The molecular weight excluding hydrogens is 180 g/mol. The van der Waals surface area contributed by atoms with Gasteiger partial charge in [0.15, 0.2) is 0 Å². The highest BCUT2D eigenvalue weighted by Gasteiger charge is 2.30. The van der Waals surface area contributed by atoms with Gasteiger partial charge in [0, 0.05) is 13.1 Å². The van der Waals surface area contributed by atoms with E-state index in [4.69, 9.17) is 0 Å². The Bertz CT molecular complexity index is 214. The first kappa shape index (κ1) is 11.5. The first-order valence-electron chi connectivity index (χ1n) is 5.06. The van der Waals surface area contributed by atoms with Gasteiger partial charge in [0.1, 0.15) is 0 Å². The van der Waals surface area contributed by atoms with E-state index in [-0.39, 0.29) is 5.91 Å². The molecule has 4 heteroatoms. The third kappa shape index (κ3) is 3.27. The van der Waals surface area contributed by atoms with Crippen LogP contribution in [0.1, 0.15) is 19.8 Å². The second kappa shape index (κ2) is 4.28. The molecule has 0 aromatic rings. The molecule has 1 N–H and O–H groups in total. The summed E-state index contributed by atoms with van der Waals surface area (Å²) in [4.78, 5) is 15.3. The highest BCUT2D eigenvalue weighted by atomic mass is 16.3. The van der Waals surface area contributed by atoms with Gasteiger partial charge in [-0.05, 0) is 33.9 Å². The van der Waals surface area contributed by atoms with E-state index in [0.717, 1.165) is 19.4 Å². The molecule has 0 radical (unpaired) electrons. The molecule has 1 aliphatic rings. The number of nitrogens with zero attached hydrogens (tertiary/aromatic N) is 2. The molecule has 1 rings (SSSR count). The van der Waals surface area contributed by atoms with Gasteiger partial charge >= 0.3 is 0 Å². The molecule has 0 saturated carbocycles. The summed E-state index contributed by atoms with van der Waals surface area (Å²) in [5.41, 5.74) is -0.694. The number of likely N-dealkylation sites (tertiary alicyclic amines) is 1. The average Bonchev–Trinajstić information content (AvgIpc) is 2.01. The van der Waals surface area contributed by atoms with Crippen LogP contribution in [0.4, 0.5) is 0 Å². The molecule has 0 bridgehead atoms. The third-order valence-corrected chi connectivity index (χ3v) is 2.48. The van der Waals surface area contributed by atoms with Gasteiger partial charge in [-0.3, -0.25) is 4.79 Å². The highest BCUT2D eigenvalue weighted by molar-refractivity contribution is 5.78. The Morgan fingerprint density at radius 2 is 2.21 bits per heavy atom. The number of hydrogen-bond donors (Lipinski definition) is 1. The molecule has 0 spiro atoms. The molecule has 1 fully saturated rings. The topological polar surface area (TPSA) is 43.8 Å². The number of piperidine rings is 1. The number of likely N-dealkylation sites (N-methyl/N-ethyl adjacent to an activating group) is 1. The summed E-state index contributed by atoms with van der Waals surface area (Å²) in [6.45, 7) is 3.47. The molecule has 14 heavy (non-hydrogen) atoms. The smallest absolute Gasteiger partial charge is 0.236 e. The van der Waals surface area contributed by atoms with Crippen molar-refractivity contribution in [3.63, 3.8) is 0 Å². The normalized spacial score (nSPS) is 28.2. The fraction of sp³-hybridized carbons (Fsp3) is 0.900. The first-order chi connectivity index (χ1) is 6.41. The van der Waals surface area contributed by atoms with Crippen LogP contribution in [-0.4, -0.2) is 60.1 Å². The summed E-state index contributed by atoms with van der Waals surface area (Å²) < 4.78 is 0. The number of carbonyl (C=O) groups excluding carboxylic acids is 1. The second-order valence-corrected chi connectivity index (χ2v) is 4.65. The molecule has 4 nitrogen and oxygen atoms in total. The number of hydrogen-bond acceptors (Lipinski definition) is 3. The Labute approximate surface area is 85.5 Å². The van der Waals surface area contributed by atoms with Gasteiger partial charge in [-0.1, -0.05) is 0 Å². The molecule has 82 valence electrons. The Balaban J connectivity index is 2.48. The van der Waals surface area contributed by atoms with Crippen molar-refractivity contribution >= 4 is 5.91 Å². The summed E-state index contributed by atoms with van der Waals surface area (Å²) in [7, 11) is 3.75. The van der Waals surface area contributed by atoms with Crippen LogP contribution < -0.4 is 0 Å². The fourth-order valence-electron chi connectivity index (χ4n) is 1.80. The minimum absolute atomic E-state index is 0.106. The zero-order chi connectivity index (χ0) is 10.8. The Hall–Kier alpha value is -0.610. The molecule has 1 aliphatic heterocycles. The van der Waals surface area contributed by atoms with Crippen LogP contribution in [0.2, 0.25) is 0 Å². The molecule has 0 aliphatic carbocycles. The van der Waals surface area contributed by atoms with Crippen LogP contribution in [0.25, 0.3) is 0 Å². The standard InChI is InChI=1S/C10H20N2O2/c1-10(14)5-4-6-12(8-10)9(13)7-11(2)3/h14H,4-8H2,1-3H3. The van der Waals surface area contributed by atoms with Crippen LogP contribution in [0.3, 0.4) is 0 Å². The fourth-order valence-corrected chi connectivity index (χ4v) is 1.80. The van der Waals surface area contributed by atoms with E-state index in [1.807, 2.05) is 19.0 Å². The minimum atomic E-state index is -0.694. The number of amides is 1. The monoisotopic (exact) mass is 200 g/mol. The molecule has 0 aromatic carbocycles. The molecule has 1 saturated heterocycles. The van der Waals surface area contributed by atoms with E-state index < -0.39 is 5.60 Å². The van der Waals surface area contributed by atoms with E-state index in [2.05, 4.69) is 0 Å². The maximum absolute atomic E-state index is 11.7. The molecule has 0 aromatic heterocycles. The third-order valence-electron chi connectivity index (χ3n) is 2.48. The summed E-state index contributed by atoms with van der Waals surface area (Å²) >= 11 is 0. The van der Waals surface area contributed by atoms with Crippen LogP contribution >= 0.6 is 0 Å². The van der Waals surface area contributed by atoms with E-state index in [9.17, 15) is 9.90 Å². The van der Waals surface area contributed by atoms with Gasteiger partial charge < -0.3 is 14.9 Å². The second-order valence-electron chi connectivity index (χ2n) is 4.65. The van der Waals surface area contributed by atoms with Crippen molar-refractivity contribution < 1.29 is 9.90 Å². The van der Waals surface area contributed by atoms with Crippen molar-refractivity contribution in [2.45, 2.75) is 25.4 Å². The lowest BCUT2D eigenvalue weighted by atomic mass is 9.95. The van der Waals surface area contributed by atoms with E-state index in [1.54, 1.807) is 11.8 Å². The maximum atomic E-state index is 11.7. The predicted octanol–water partition coefficient (Wildman–Crippen LogP) is -0.0786. The molecule has 1 unspecified atom stereocenters. The summed E-state index contributed by atoms with van der Waals surface area (Å²) in [6, 6.07) is 0. The highest BCUT2D eigenvalue weighted by Crippen LogP contribution is 2.20. The quantitative estimate of drug-likeness (QED) is 0.678.